The average Bonchev–Trinajstić information content (AvgIpc) is 3.27. The van der Waals surface area contributed by atoms with Crippen molar-refractivity contribution < 1.29 is 36.6 Å². The summed E-state index contributed by atoms with van der Waals surface area (Å²) < 4.78 is 57.4. The number of furan rings is 1. The van der Waals surface area contributed by atoms with Crippen molar-refractivity contribution >= 4 is 5.91 Å². The topological polar surface area (TPSA) is 61.1 Å². The van der Waals surface area contributed by atoms with Gasteiger partial charge in [-0.05, 0) is 42.0 Å². The number of rotatable bonds is 6. The lowest BCUT2D eigenvalue weighted by Crippen LogP contribution is -2.42. The van der Waals surface area contributed by atoms with E-state index in [0.29, 0.717) is 31.2 Å². The summed E-state index contributed by atoms with van der Waals surface area (Å²) in [6.45, 7) is 1.32. The van der Waals surface area contributed by atoms with Crippen LogP contribution in [-0.4, -0.2) is 36.9 Å². The molecular formula is C23H20F3NO5. The number of carbonyl (C=O) groups excluding carboxylic acids is 1. The van der Waals surface area contributed by atoms with Crippen LogP contribution < -0.4 is 9.47 Å². The van der Waals surface area contributed by atoms with E-state index < -0.39 is 6.36 Å². The van der Waals surface area contributed by atoms with Gasteiger partial charge in [-0.25, -0.2) is 0 Å². The van der Waals surface area contributed by atoms with Crippen LogP contribution in [0.2, 0.25) is 0 Å². The van der Waals surface area contributed by atoms with E-state index >= 15 is 0 Å². The molecule has 0 radical (unpaired) electrons. The molecule has 0 N–H and O–H groups in total. The van der Waals surface area contributed by atoms with Crippen LogP contribution in [0.1, 0.15) is 28.0 Å². The van der Waals surface area contributed by atoms with Crippen LogP contribution in [-0.2, 0) is 11.3 Å². The van der Waals surface area contributed by atoms with Gasteiger partial charge in [-0.1, -0.05) is 30.3 Å². The van der Waals surface area contributed by atoms with Crippen molar-refractivity contribution in [1.82, 2.24) is 4.90 Å². The minimum atomic E-state index is -4.75. The van der Waals surface area contributed by atoms with Gasteiger partial charge < -0.3 is 23.5 Å². The van der Waals surface area contributed by atoms with Gasteiger partial charge in [0, 0.05) is 6.54 Å². The first-order valence-corrected chi connectivity index (χ1v) is 9.90. The third-order valence-corrected chi connectivity index (χ3v) is 4.84. The minimum Gasteiger partial charge on any atom is -0.486 e. The number of alkyl halides is 3. The molecule has 0 saturated carbocycles. The predicted octanol–water partition coefficient (Wildman–Crippen LogP) is 4.97. The summed E-state index contributed by atoms with van der Waals surface area (Å²) in [7, 11) is 0. The zero-order valence-corrected chi connectivity index (χ0v) is 16.9. The largest absolute Gasteiger partial charge is 0.573 e. The Morgan fingerprint density at radius 3 is 2.44 bits per heavy atom. The summed E-state index contributed by atoms with van der Waals surface area (Å²) in [6, 6.07) is 17.9. The molecule has 1 saturated heterocycles. The number of hydrogen-bond acceptors (Lipinski definition) is 5. The molecule has 1 atom stereocenters. The zero-order chi connectivity index (χ0) is 22.6. The van der Waals surface area contributed by atoms with Crippen molar-refractivity contribution in [3.05, 3.63) is 83.8 Å². The molecule has 6 nitrogen and oxygen atoms in total. The molecule has 3 aromatic rings. The highest BCUT2D eigenvalue weighted by molar-refractivity contribution is 5.91. The standard InChI is InChI=1S/C23H20F3NO5/c24-23(25,26)32-18-8-6-17(7-9-18)30-15-19-10-11-20(31-19)22(28)27-12-13-29-21(14-27)16-4-2-1-3-5-16/h1-11,21H,12-15H2/t21-/m0/s1. The van der Waals surface area contributed by atoms with Crippen LogP contribution in [0, 0.1) is 0 Å². The lowest BCUT2D eigenvalue weighted by Gasteiger charge is -2.32. The first kappa shape index (κ1) is 21.8. The Hall–Kier alpha value is -3.46. The first-order valence-electron chi connectivity index (χ1n) is 9.90. The molecule has 1 aliphatic heterocycles. The number of nitrogens with zero attached hydrogens (tertiary/aromatic N) is 1. The molecule has 1 fully saturated rings. The molecular weight excluding hydrogens is 427 g/mol. The van der Waals surface area contributed by atoms with Crippen LogP contribution in [0.5, 0.6) is 11.5 Å². The molecule has 4 rings (SSSR count). The molecule has 0 aliphatic carbocycles. The van der Waals surface area contributed by atoms with Crippen molar-refractivity contribution in [2.75, 3.05) is 19.7 Å². The molecule has 32 heavy (non-hydrogen) atoms. The summed E-state index contributed by atoms with van der Waals surface area (Å²) in [5, 5.41) is 0. The zero-order valence-electron chi connectivity index (χ0n) is 16.9. The number of benzene rings is 2. The SMILES string of the molecule is O=C(c1ccc(COc2ccc(OC(F)(F)F)cc2)o1)N1CCO[C@H](c2ccccc2)C1. The predicted molar refractivity (Wildman–Crippen MR) is 107 cm³/mol. The Kier molecular flexibility index (Phi) is 6.36. The highest BCUT2D eigenvalue weighted by atomic mass is 19.4. The van der Waals surface area contributed by atoms with E-state index in [-0.39, 0.29) is 30.1 Å². The highest BCUT2D eigenvalue weighted by Gasteiger charge is 2.31. The van der Waals surface area contributed by atoms with Crippen LogP contribution in [0.25, 0.3) is 0 Å². The van der Waals surface area contributed by atoms with Crippen molar-refractivity contribution in [2.24, 2.45) is 0 Å². The van der Waals surface area contributed by atoms with Gasteiger partial charge in [0.2, 0.25) is 0 Å². The molecule has 2 heterocycles. The molecule has 168 valence electrons. The molecule has 1 aliphatic rings. The van der Waals surface area contributed by atoms with Gasteiger partial charge in [0.1, 0.15) is 30.0 Å². The minimum absolute atomic E-state index is 0.0164. The van der Waals surface area contributed by atoms with Crippen molar-refractivity contribution in [3.63, 3.8) is 0 Å². The van der Waals surface area contributed by atoms with Gasteiger partial charge in [-0.2, -0.15) is 0 Å². The Morgan fingerprint density at radius 2 is 1.72 bits per heavy atom. The van der Waals surface area contributed by atoms with Crippen LogP contribution >= 0.6 is 0 Å². The van der Waals surface area contributed by atoms with E-state index in [1.165, 1.54) is 12.1 Å². The molecule has 1 amide bonds. The number of hydrogen-bond donors (Lipinski definition) is 0. The molecule has 1 aromatic heterocycles. The second-order valence-corrected chi connectivity index (χ2v) is 7.10. The Balaban J connectivity index is 1.33. The van der Waals surface area contributed by atoms with Gasteiger partial charge in [-0.15, -0.1) is 13.2 Å². The maximum absolute atomic E-state index is 12.8. The van der Waals surface area contributed by atoms with Gasteiger partial charge in [0.05, 0.1) is 13.2 Å². The fraction of sp³-hybridized carbons (Fsp3) is 0.261. The normalized spacial score (nSPS) is 16.6. The van der Waals surface area contributed by atoms with Crippen molar-refractivity contribution in [3.8, 4) is 11.5 Å². The molecule has 0 bridgehead atoms. The lowest BCUT2D eigenvalue weighted by molar-refractivity contribution is -0.274. The third kappa shape index (κ3) is 5.61. The fourth-order valence-corrected chi connectivity index (χ4v) is 3.32. The molecule has 0 unspecified atom stereocenters. The van der Waals surface area contributed by atoms with E-state index in [1.54, 1.807) is 17.0 Å². The van der Waals surface area contributed by atoms with Crippen LogP contribution in [0.4, 0.5) is 13.2 Å². The molecule has 9 heteroatoms. The number of ether oxygens (including phenoxy) is 3. The maximum Gasteiger partial charge on any atom is 0.573 e. The summed E-state index contributed by atoms with van der Waals surface area (Å²) in [6.07, 6.45) is -4.95. The smallest absolute Gasteiger partial charge is 0.486 e. The number of carbonyl (C=O) groups is 1. The van der Waals surface area contributed by atoms with Gasteiger partial charge in [-0.3, -0.25) is 4.79 Å². The van der Waals surface area contributed by atoms with E-state index in [2.05, 4.69) is 4.74 Å². The van der Waals surface area contributed by atoms with E-state index in [1.807, 2.05) is 30.3 Å². The monoisotopic (exact) mass is 447 g/mol. The van der Waals surface area contributed by atoms with E-state index in [9.17, 15) is 18.0 Å². The molecule has 0 spiro atoms. The average molecular weight is 447 g/mol. The first-order chi connectivity index (χ1) is 15.4. The van der Waals surface area contributed by atoms with E-state index in [0.717, 1.165) is 17.7 Å². The van der Waals surface area contributed by atoms with Crippen molar-refractivity contribution in [1.29, 1.82) is 0 Å². The van der Waals surface area contributed by atoms with Gasteiger partial charge >= 0.3 is 6.36 Å². The number of morpholine rings is 1. The highest BCUT2D eigenvalue weighted by Crippen LogP contribution is 2.26. The number of halogens is 3. The van der Waals surface area contributed by atoms with Gasteiger partial charge in [0.15, 0.2) is 5.76 Å². The molecule has 2 aromatic carbocycles. The van der Waals surface area contributed by atoms with Crippen LogP contribution in [0.3, 0.4) is 0 Å². The quantitative estimate of drug-likeness (QED) is 0.534. The summed E-state index contributed by atoms with van der Waals surface area (Å²) in [5.41, 5.74) is 1.00. The number of amides is 1. The van der Waals surface area contributed by atoms with Crippen LogP contribution in [0.15, 0.2) is 71.1 Å². The summed E-state index contributed by atoms with van der Waals surface area (Å²) in [5.74, 6) is 0.356. The van der Waals surface area contributed by atoms with Gasteiger partial charge in [0.25, 0.3) is 5.91 Å². The summed E-state index contributed by atoms with van der Waals surface area (Å²) in [4.78, 5) is 14.5. The fourth-order valence-electron chi connectivity index (χ4n) is 3.32. The Labute approximate surface area is 182 Å². The lowest BCUT2D eigenvalue weighted by atomic mass is 10.1. The second kappa shape index (κ2) is 9.35. The Bertz CT molecular complexity index is 1030. The third-order valence-electron chi connectivity index (χ3n) is 4.84. The summed E-state index contributed by atoms with van der Waals surface area (Å²) >= 11 is 0. The van der Waals surface area contributed by atoms with E-state index in [4.69, 9.17) is 13.9 Å². The maximum atomic E-state index is 12.8. The van der Waals surface area contributed by atoms with Crippen molar-refractivity contribution in [2.45, 2.75) is 19.1 Å². The Morgan fingerprint density at radius 1 is 1.00 bits per heavy atom. The second-order valence-electron chi connectivity index (χ2n) is 7.10.